The molecule has 0 aliphatic heterocycles. The highest BCUT2D eigenvalue weighted by Gasteiger charge is 2.80. The summed E-state index contributed by atoms with van der Waals surface area (Å²) >= 11 is 0. The van der Waals surface area contributed by atoms with Crippen LogP contribution in [0.4, 0.5) is 0 Å². The third kappa shape index (κ3) is 1.12. The topological polar surface area (TPSA) is 20.2 Å². The van der Waals surface area contributed by atoms with Crippen LogP contribution in [0.5, 0.6) is 0 Å². The molecule has 7 aliphatic carbocycles. The summed E-state index contributed by atoms with van der Waals surface area (Å²) in [5.74, 6) is 4.07. The van der Waals surface area contributed by atoms with Gasteiger partial charge in [0.25, 0.3) is 0 Å². The molecule has 6 saturated carbocycles. The highest BCUT2D eigenvalue weighted by atomic mass is 16.3. The van der Waals surface area contributed by atoms with Crippen LogP contribution >= 0.6 is 0 Å². The summed E-state index contributed by atoms with van der Waals surface area (Å²) in [5.41, 5.74) is 2.57. The summed E-state index contributed by atoms with van der Waals surface area (Å²) in [6.07, 6.45) is 10.8. The summed E-state index contributed by atoms with van der Waals surface area (Å²) in [7, 11) is 0. The molecule has 1 aromatic rings. The molecule has 7 atom stereocenters. The lowest BCUT2D eigenvalue weighted by atomic mass is 9.24. The first-order chi connectivity index (χ1) is 10.7. The summed E-state index contributed by atoms with van der Waals surface area (Å²) in [5, 5.41) is 12.2. The molecule has 1 aromatic carbocycles. The first-order valence-electron chi connectivity index (χ1n) is 9.56. The summed E-state index contributed by atoms with van der Waals surface area (Å²) in [6, 6.07) is 8.91. The fourth-order valence-electron chi connectivity index (χ4n) is 8.35. The molecular formula is C21H26O. The normalized spacial score (nSPS) is 54.0. The van der Waals surface area contributed by atoms with Gasteiger partial charge < -0.3 is 5.11 Å². The number of benzene rings is 1. The van der Waals surface area contributed by atoms with Crippen molar-refractivity contribution in [2.45, 2.75) is 57.0 Å². The molecule has 8 rings (SSSR count). The second-order valence-electron chi connectivity index (χ2n) is 9.07. The largest absolute Gasteiger partial charge is 0.384 e. The smallest absolute Gasteiger partial charge is 0.0993 e. The van der Waals surface area contributed by atoms with Crippen molar-refractivity contribution in [3.63, 3.8) is 0 Å². The molecule has 0 aromatic heterocycles. The van der Waals surface area contributed by atoms with Crippen LogP contribution in [0.15, 0.2) is 24.3 Å². The zero-order valence-electron chi connectivity index (χ0n) is 13.3. The third-order valence-electron chi connectivity index (χ3n) is 8.67. The van der Waals surface area contributed by atoms with E-state index in [9.17, 15) is 5.11 Å². The molecule has 1 N–H and O–H groups in total. The van der Waals surface area contributed by atoms with Crippen LogP contribution in [0.1, 0.15) is 56.1 Å². The molecule has 0 heterocycles. The van der Waals surface area contributed by atoms with Crippen molar-refractivity contribution < 1.29 is 5.11 Å². The van der Waals surface area contributed by atoms with Gasteiger partial charge in [-0.2, -0.15) is 0 Å². The summed E-state index contributed by atoms with van der Waals surface area (Å²) in [6.45, 7) is 0. The molecule has 0 radical (unpaired) electrons. The van der Waals surface area contributed by atoms with E-state index in [1.54, 1.807) is 0 Å². The molecule has 0 saturated heterocycles. The zero-order valence-corrected chi connectivity index (χ0v) is 13.3. The molecular weight excluding hydrogens is 268 g/mol. The van der Waals surface area contributed by atoms with E-state index in [1.165, 1.54) is 62.5 Å². The van der Waals surface area contributed by atoms with Crippen molar-refractivity contribution in [1.82, 2.24) is 0 Å². The Morgan fingerprint density at radius 1 is 1.00 bits per heavy atom. The average molecular weight is 294 g/mol. The number of hydrogen-bond acceptors (Lipinski definition) is 1. The molecule has 1 spiro atoms. The predicted octanol–water partition coefficient (Wildman–Crippen LogP) is 4.28. The lowest BCUT2D eigenvalue weighted by Crippen LogP contribution is -2.79. The Morgan fingerprint density at radius 2 is 1.91 bits per heavy atom. The van der Waals surface area contributed by atoms with Gasteiger partial charge in [0.2, 0.25) is 0 Å². The Morgan fingerprint density at radius 3 is 2.82 bits per heavy atom. The maximum absolute atomic E-state index is 12.2. The Bertz CT molecular complexity index is 638. The van der Waals surface area contributed by atoms with Crippen molar-refractivity contribution in [2.24, 2.45) is 35.0 Å². The second-order valence-corrected chi connectivity index (χ2v) is 9.07. The second kappa shape index (κ2) is 3.80. The van der Waals surface area contributed by atoms with Crippen LogP contribution in [-0.4, -0.2) is 5.11 Å². The Kier molecular flexibility index (Phi) is 2.18. The van der Waals surface area contributed by atoms with Crippen molar-refractivity contribution in [1.29, 1.82) is 0 Å². The van der Waals surface area contributed by atoms with Gasteiger partial charge in [0.15, 0.2) is 0 Å². The minimum atomic E-state index is -0.479. The molecule has 1 nitrogen and oxygen atoms in total. The molecule has 1 heteroatoms. The van der Waals surface area contributed by atoms with Crippen LogP contribution in [0.3, 0.4) is 0 Å². The maximum Gasteiger partial charge on any atom is 0.0993 e. The van der Waals surface area contributed by atoms with Crippen LogP contribution in [0.25, 0.3) is 0 Å². The van der Waals surface area contributed by atoms with E-state index in [0.717, 1.165) is 23.7 Å². The van der Waals surface area contributed by atoms with Crippen LogP contribution in [-0.2, 0) is 12.0 Å². The van der Waals surface area contributed by atoms with E-state index in [0.29, 0.717) is 5.92 Å². The fourth-order valence-corrected chi connectivity index (χ4v) is 8.35. The number of fused-ring (bicyclic) bond motifs is 1. The van der Waals surface area contributed by atoms with Gasteiger partial charge in [0.05, 0.1) is 5.60 Å². The minimum Gasteiger partial charge on any atom is -0.384 e. The molecule has 6 bridgehead atoms. The molecule has 116 valence electrons. The zero-order chi connectivity index (χ0) is 14.5. The third-order valence-corrected chi connectivity index (χ3v) is 8.67. The first-order valence-corrected chi connectivity index (χ1v) is 9.56. The van der Waals surface area contributed by atoms with E-state index < -0.39 is 5.60 Å². The summed E-state index contributed by atoms with van der Waals surface area (Å²) < 4.78 is 0. The van der Waals surface area contributed by atoms with Gasteiger partial charge in [-0.3, -0.25) is 0 Å². The Labute approximate surface area is 133 Å². The van der Waals surface area contributed by atoms with E-state index >= 15 is 0 Å². The van der Waals surface area contributed by atoms with Crippen LogP contribution in [0.2, 0.25) is 0 Å². The predicted molar refractivity (Wildman–Crippen MR) is 86.2 cm³/mol. The number of aryl methyl sites for hydroxylation is 1. The van der Waals surface area contributed by atoms with Crippen molar-refractivity contribution >= 4 is 0 Å². The summed E-state index contributed by atoms with van der Waals surface area (Å²) in [4.78, 5) is 0. The molecule has 22 heavy (non-hydrogen) atoms. The quantitative estimate of drug-likeness (QED) is 0.757. The lowest BCUT2D eigenvalue weighted by molar-refractivity contribution is -0.382. The van der Waals surface area contributed by atoms with Crippen molar-refractivity contribution in [2.75, 3.05) is 0 Å². The molecule has 6 fully saturated rings. The van der Waals surface area contributed by atoms with Gasteiger partial charge in [0.1, 0.15) is 0 Å². The molecule has 7 unspecified atom stereocenters. The Balaban J connectivity index is 1.61. The van der Waals surface area contributed by atoms with Crippen molar-refractivity contribution in [3.8, 4) is 0 Å². The highest BCUT2D eigenvalue weighted by molar-refractivity contribution is 5.43. The van der Waals surface area contributed by atoms with Crippen LogP contribution in [0, 0.1) is 35.0 Å². The first kappa shape index (κ1) is 12.6. The van der Waals surface area contributed by atoms with Gasteiger partial charge in [-0.05, 0) is 85.7 Å². The van der Waals surface area contributed by atoms with Gasteiger partial charge in [-0.25, -0.2) is 0 Å². The van der Waals surface area contributed by atoms with Gasteiger partial charge in [-0.15, -0.1) is 0 Å². The average Bonchev–Trinajstić information content (AvgIpc) is 2.51. The van der Waals surface area contributed by atoms with E-state index in [-0.39, 0.29) is 5.41 Å². The maximum atomic E-state index is 12.2. The van der Waals surface area contributed by atoms with E-state index in [4.69, 9.17) is 0 Å². The lowest BCUT2D eigenvalue weighted by Gasteiger charge is -2.81. The fraction of sp³-hybridized carbons (Fsp3) is 0.714. The standard InChI is InChI=1S/C21H26O/c22-21-17-7-2-1-5-14(17)6-3-4-8-20(21)16-10-13-9-15(12-16)19(21)18(20)11-13/h1-2,5,7,13,15-16,18-19,22H,3-4,6,8-12H2. The van der Waals surface area contributed by atoms with Gasteiger partial charge in [0, 0.05) is 5.41 Å². The van der Waals surface area contributed by atoms with Crippen LogP contribution < -0.4 is 0 Å². The van der Waals surface area contributed by atoms with Gasteiger partial charge >= 0.3 is 0 Å². The highest BCUT2D eigenvalue weighted by Crippen LogP contribution is 2.82. The minimum absolute atomic E-state index is 0.252. The number of rotatable bonds is 0. The monoisotopic (exact) mass is 294 g/mol. The number of aliphatic hydroxyl groups is 1. The Hall–Kier alpha value is -0.820. The van der Waals surface area contributed by atoms with Crippen molar-refractivity contribution in [3.05, 3.63) is 35.4 Å². The SMILES string of the molecule is OC12c3ccccc3CCCCC13C1CC4CC(C1)C2C3C4. The molecule has 0 amide bonds. The number of hydrogen-bond donors (Lipinski definition) is 1. The van der Waals surface area contributed by atoms with E-state index in [1.807, 2.05) is 0 Å². The van der Waals surface area contributed by atoms with Gasteiger partial charge in [-0.1, -0.05) is 30.7 Å². The van der Waals surface area contributed by atoms with E-state index in [2.05, 4.69) is 24.3 Å². The molecule has 7 aliphatic rings.